The summed E-state index contributed by atoms with van der Waals surface area (Å²) in [6.07, 6.45) is 2.74. The Morgan fingerprint density at radius 2 is 2.20 bits per heavy atom. The summed E-state index contributed by atoms with van der Waals surface area (Å²) in [5, 5.41) is 9.96. The van der Waals surface area contributed by atoms with Gasteiger partial charge in [0.2, 0.25) is 0 Å². The maximum atomic E-state index is 11.3. The van der Waals surface area contributed by atoms with Gasteiger partial charge in [-0.25, -0.2) is 4.79 Å². The van der Waals surface area contributed by atoms with Gasteiger partial charge in [0.05, 0.1) is 6.20 Å². The lowest BCUT2D eigenvalue weighted by molar-refractivity contribution is 0.0523. The van der Waals surface area contributed by atoms with E-state index >= 15 is 0 Å². The first-order valence-corrected chi connectivity index (χ1v) is 4.70. The molecule has 0 spiro atoms. The molecule has 0 aromatic carbocycles. The van der Waals surface area contributed by atoms with Crippen LogP contribution in [0.4, 0.5) is 4.79 Å². The molecule has 5 heteroatoms. The van der Waals surface area contributed by atoms with Gasteiger partial charge in [-0.3, -0.25) is 0 Å². The lowest BCUT2D eigenvalue weighted by Crippen LogP contribution is -2.32. The van der Waals surface area contributed by atoms with Gasteiger partial charge in [-0.05, 0) is 32.4 Å². The summed E-state index contributed by atoms with van der Waals surface area (Å²) in [5.41, 5.74) is 0.413. The van der Waals surface area contributed by atoms with Gasteiger partial charge in [0.1, 0.15) is 5.60 Å². The standard InChI is InChI=1S/C10H15N3O2/c1-10(2,3)15-9(14)11-6-8-4-5-12-13-7-8/h4-5,7H,6H2,1-3H3,(H,11,14). The van der Waals surface area contributed by atoms with Crippen molar-refractivity contribution in [2.24, 2.45) is 0 Å². The number of rotatable bonds is 2. The third-order valence-electron chi connectivity index (χ3n) is 1.48. The van der Waals surface area contributed by atoms with Crippen molar-refractivity contribution in [3.05, 3.63) is 24.0 Å². The van der Waals surface area contributed by atoms with Crippen molar-refractivity contribution in [1.82, 2.24) is 15.5 Å². The van der Waals surface area contributed by atoms with E-state index in [1.165, 1.54) is 0 Å². The smallest absolute Gasteiger partial charge is 0.407 e. The van der Waals surface area contributed by atoms with E-state index < -0.39 is 11.7 Å². The van der Waals surface area contributed by atoms with Crippen LogP contribution < -0.4 is 5.32 Å². The molecule has 0 fully saturated rings. The molecule has 0 atom stereocenters. The van der Waals surface area contributed by atoms with E-state index in [1.807, 2.05) is 20.8 Å². The molecule has 0 aliphatic carbocycles. The number of nitrogens with zero attached hydrogens (tertiary/aromatic N) is 2. The summed E-state index contributed by atoms with van der Waals surface area (Å²) in [6.45, 7) is 5.85. The highest BCUT2D eigenvalue weighted by molar-refractivity contribution is 5.67. The molecule has 0 radical (unpaired) electrons. The summed E-state index contributed by atoms with van der Waals surface area (Å²) in [6, 6.07) is 1.78. The monoisotopic (exact) mass is 209 g/mol. The fraction of sp³-hybridized carbons (Fsp3) is 0.500. The highest BCUT2D eigenvalue weighted by Gasteiger charge is 2.15. The molecule has 5 nitrogen and oxygen atoms in total. The van der Waals surface area contributed by atoms with E-state index in [9.17, 15) is 4.79 Å². The van der Waals surface area contributed by atoms with Crippen molar-refractivity contribution in [3.63, 3.8) is 0 Å². The second-order valence-electron chi connectivity index (χ2n) is 4.11. The minimum atomic E-state index is -0.472. The lowest BCUT2D eigenvalue weighted by Gasteiger charge is -2.19. The van der Waals surface area contributed by atoms with Gasteiger partial charge < -0.3 is 10.1 Å². The maximum Gasteiger partial charge on any atom is 0.407 e. The minimum Gasteiger partial charge on any atom is -0.444 e. The van der Waals surface area contributed by atoms with Crippen LogP contribution in [0.5, 0.6) is 0 Å². The molecule has 1 aromatic heterocycles. The van der Waals surface area contributed by atoms with Crippen LogP contribution in [0.25, 0.3) is 0 Å². The summed E-state index contributed by atoms with van der Waals surface area (Å²) in [7, 11) is 0. The molecule has 1 heterocycles. The molecule has 1 N–H and O–H groups in total. The molecular weight excluding hydrogens is 194 g/mol. The topological polar surface area (TPSA) is 64.1 Å². The van der Waals surface area contributed by atoms with E-state index in [0.717, 1.165) is 5.56 Å². The van der Waals surface area contributed by atoms with E-state index in [4.69, 9.17) is 4.74 Å². The number of hydrogen-bond acceptors (Lipinski definition) is 4. The number of ether oxygens (including phenoxy) is 1. The quantitative estimate of drug-likeness (QED) is 0.801. The fourth-order valence-corrected chi connectivity index (χ4v) is 0.911. The number of alkyl carbamates (subject to hydrolysis) is 1. The van der Waals surface area contributed by atoms with E-state index in [0.29, 0.717) is 6.54 Å². The first kappa shape index (κ1) is 11.4. The molecule has 1 aromatic rings. The van der Waals surface area contributed by atoms with Crippen LogP contribution in [0.2, 0.25) is 0 Å². The normalized spacial score (nSPS) is 10.9. The highest BCUT2D eigenvalue weighted by Crippen LogP contribution is 2.06. The SMILES string of the molecule is CC(C)(C)OC(=O)NCc1ccnnc1. The minimum absolute atomic E-state index is 0.393. The van der Waals surface area contributed by atoms with Crippen molar-refractivity contribution in [3.8, 4) is 0 Å². The predicted molar refractivity (Wildman–Crippen MR) is 55.1 cm³/mol. The molecule has 82 valence electrons. The molecule has 0 saturated heterocycles. The zero-order valence-electron chi connectivity index (χ0n) is 9.15. The van der Waals surface area contributed by atoms with Gasteiger partial charge in [-0.1, -0.05) is 0 Å². The summed E-state index contributed by atoms with van der Waals surface area (Å²) in [5.74, 6) is 0. The van der Waals surface area contributed by atoms with Crippen molar-refractivity contribution >= 4 is 6.09 Å². The summed E-state index contributed by atoms with van der Waals surface area (Å²) >= 11 is 0. The van der Waals surface area contributed by atoms with Gasteiger partial charge in [0.15, 0.2) is 0 Å². The molecule has 0 saturated carbocycles. The molecule has 1 rings (SSSR count). The number of amides is 1. The Balaban J connectivity index is 2.35. The average Bonchev–Trinajstić information content (AvgIpc) is 2.14. The zero-order valence-corrected chi connectivity index (χ0v) is 9.15. The zero-order chi connectivity index (χ0) is 11.3. The third kappa shape index (κ3) is 4.95. The molecular formula is C10H15N3O2. The van der Waals surface area contributed by atoms with Crippen LogP contribution in [0.15, 0.2) is 18.5 Å². The van der Waals surface area contributed by atoms with Crippen LogP contribution >= 0.6 is 0 Å². The second kappa shape index (κ2) is 4.72. The van der Waals surface area contributed by atoms with Gasteiger partial charge in [-0.2, -0.15) is 10.2 Å². The third-order valence-corrected chi connectivity index (χ3v) is 1.48. The van der Waals surface area contributed by atoms with Crippen molar-refractivity contribution < 1.29 is 9.53 Å². The van der Waals surface area contributed by atoms with Gasteiger partial charge in [-0.15, -0.1) is 0 Å². The van der Waals surface area contributed by atoms with E-state index in [1.54, 1.807) is 18.5 Å². The van der Waals surface area contributed by atoms with Gasteiger partial charge in [0, 0.05) is 12.7 Å². The van der Waals surface area contributed by atoms with E-state index in [2.05, 4.69) is 15.5 Å². The first-order valence-electron chi connectivity index (χ1n) is 4.70. The molecule has 0 aliphatic heterocycles. The van der Waals surface area contributed by atoms with E-state index in [-0.39, 0.29) is 0 Å². The lowest BCUT2D eigenvalue weighted by atomic mass is 10.2. The number of hydrogen-bond donors (Lipinski definition) is 1. The Hall–Kier alpha value is -1.65. The Morgan fingerprint density at radius 1 is 1.47 bits per heavy atom. The number of nitrogens with one attached hydrogen (secondary N) is 1. The van der Waals surface area contributed by atoms with Crippen LogP contribution in [-0.2, 0) is 11.3 Å². The summed E-state index contributed by atoms with van der Waals surface area (Å²) < 4.78 is 5.07. The van der Waals surface area contributed by atoms with Gasteiger partial charge >= 0.3 is 6.09 Å². The molecule has 1 amide bonds. The Labute approximate surface area is 88.9 Å². The predicted octanol–water partition coefficient (Wildman–Crippen LogP) is 1.50. The van der Waals surface area contributed by atoms with Crippen LogP contribution in [-0.4, -0.2) is 21.9 Å². The van der Waals surface area contributed by atoms with Crippen LogP contribution in [0, 0.1) is 0 Å². The molecule has 15 heavy (non-hydrogen) atoms. The largest absolute Gasteiger partial charge is 0.444 e. The summed E-state index contributed by atoms with van der Waals surface area (Å²) in [4.78, 5) is 11.3. The molecule has 0 bridgehead atoms. The average molecular weight is 209 g/mol. The Kier molecular flexibility index (Phi) is 3.60. The molecule has 0 aliphatic rings. The Bertz CT molecular complexity index is 319. The van der Waals surface area contributed by atoms with Crippen molar-refractivity contribution in [2.75, 3.05) is 0 Å². The molecule has 0 unspecified atom stereocenters. The van der Waals surface area contributed by atoms with Crippen molar-refractivity contribution in [2.45, 2.75) is 32.9 Å². The number of carbonyl (C=O) groups is 1. The van der Waals surface area contributed by atoms with Crippen LogP contribution in [0.1, 0.15) is 26.3 Å². The highest BCUT2D eigenvalue weighted by atomic mass is 16.6. The fourth-order valence-electron chi connectivity index (χ4n) is 0.911. The second-order valence-corrected chi connectivity index (χ2v) is 4.11. The Morgan fingerprint density at radius 3 is 2.73 bits per heavy atom. The first-order chi connectivity index (χ1) is 6.97. The number of aromatic nitrogens is 2. The van der Waals surface area contributed by atoms with Gasteiger partial charge in [0.25, 0.3) is 0 Å². The van der Waals surface area contributed by atoms with Crippen LogP contribution in [0.3, 0.4) is 0 Å². The number of carbonyl (C=O) groups excluding carboxylic acids is 1. The van der Waals surface area contributed by atoms with Crippen molar-refractivity contribution in [1.29, 1.82) is 0 Å². The maximum absolute atomic E-state index is 11.3.